The minimum atomic E-state index is -0.496. The summed E-state index contributed by atoms with van der Waals surface area (Å²) in [5.74, 6) is -0.375. The van der Waals surface area contributed by atoms with Gasteiger partial charge in [-0.25, -0.2) is 9.59 Å². The van der Waals surface area contributed by atoms with Crippen molar-refractivity contribution in [3.05, 3.63) is 46.7 Å². The van der Waals surface area contributed by atoms with Gasteiger partial charge in [-0.2, -0.15) is 0 Å². The number of rotatable bonds is 5. The average Bonchev–Trinajstić information content (AvgIpc) is 2.62. The molecule has 1 aromatic carbocycles. The molecule has 140 valence electrons. The molecule has 1 aromatic rings. The Hall–Kier alpha value is -2.34. The maximum absolute atomic E-state index is 12.8. The van der Waals surface area contributed by atoms with Crippen LogP contribution in [0.5, 0.6) is 0 Å². The van der Waals surface area contributed by atoms with E-state index in [4.69, 9.17) is 4.74 Å². The number of nitrogens with zero attached hydrogens (tertiary/aromatic N) is 1. The predicted octanol–water partition coefficient (Wildman–Crippen LogP) is 2.65. The van der Waals surface area contributed by atoms with Crippen LogP contribution in [0, 0.1) is 6.92 Å². The molecule has 2 heterocycles. The Labute approximate surface area is 154 Å². The first kappa shape index (κ1) is 18.5. The number of likely N-dealkylation sites (tertiary alicyclic amines) is 1. The number of piperidine rings is 1. The van der Waals surface area contributed by atoms with E-state index in [9.17, 15) is 9.59 Å². The number of benzene rings is 1. The van der Waals surface area contributed by atoms with Crippen LogP contribution in [-0.2, 0) is 9.53 Å². The van der Waals surface area contributed by atoms with Gasteiger partial charge in [-0.1, -0.05) is 30.7 Å². The average molecular weight is 357 g/mol. The summed E-state index contributed by atoms with van der Waals surface area (Å²) in [5.41, 5.74) is 3.11. The monoisotopic (exact) mass is 357 g/mol. The molecule has 0 aromatic heterocycles. The van der Waals surface area contributed by atoms with E-state index >= 15 is 0 Å². The topological polar surface area (TPSA) is 70.7 Å². The first-order chi connectivity index (χ1) is 12.6. The molecule has 2 N–H and O–H groups in total. The van der Waals surface area contributed by atoms with E-state index in [2.05, 4.69) is 15.5 Å². The van der Waals surface area contributed by atoms with Gasteiger partial charge >= 0.3 is 12.0 Å². The van der Waals surface area contributed by atoms with Crippen LogP contribution in [0.1, 0.15) is 43.4 Å². The molecule has 3 rings (SSSR count). The zero-order valence-corrected chi connectivity index (χ0v) is 15.5. The smallest absolute Gasteiger partial charge is 0.338 e. The van der Waals surface area contributed by atoms with Crippen molar-refractivity contribution in [2.75, 3.05) is 26.2 Å². The predicted molar refractivity (Wildman–Crippen MR) is 99.5 cm³/mol. The molecule has 0 unspecified atom stereocenters. The normalized spacial score (nSPS) is 21.2. The molecule has 0 radical (unpaired) electrons. The van der Waals surface area contributed by atoms with E-state index in [1.54, 1.807) is 6.92 Å². The highest BCUT2D eigenvalue weighted by atomic mass is 16.5. The van der Waals surface area contributed by atoms with Crippen molar-refractivity contribution in [3.63, 3.8) is 0 Å². The number of nitrogens with one attached hydrogen (secondary N) is 2. The van der Waals surface area contributed by atoms with Crippen molar-refractivity contribution in [2.45, 2.75) is 39.2 Å². The highest BCUT2D eigenvalue weighted by Gasteiger charge is 2.34. The summed E-state index contributed by atoms with van der Waals surface area (Å²) in [7, 11) is 0. The highest BCUT2D eigenvalue weighted by Crippen LogP contribution is 2.30. The third kappa shape index (κ3) is 4.07. The van der Waals surface area contributed by atoms with Crippen LogP contribution >= 0.6 is 0 Å². The van der Waals surface area contributed by atoms with E-state index in [1.165, 1.54) is 6.42 Å². The fourth-order valence-electron chi connectivity index (χ4n) is 3.68. The fourth-order valence-corrected chi connectivity index (χ4v) is 3.68. The summed E-state index contributed by atoms with van der Waals surface area (Å²) in [4.78, 5) is 27.4. The molecule has 1 fully saturated rings. The zero-order valence-electron chi connectivity index (χ0n) is 15.5. The molecule has 1 atom stereocenters. The van der Waals surface area contributed by atoms with Crippen molar-refractivity contribution in [1.82, 2.24) is 15.5 Å². The highest BCUT2D eigenvalue weighted by molar-refractivity contribution is 5.95. The minimum absolute atomic E-state index is 0.279. The standard InChI is InChI=1S/C20H27N3O3/c1-3-26-19(24)17-16(13-23-11-7-4-8-12-23)21-20(25)22-18(17)15-10-6-5-9-14(15)2/h5-6,9-10,18H,3-4,7-8,11-13H2,1-2H3,(H2,21,22,25)/t18-/m1/s1. The van der Waals surface area contributed by atoms with Crippen molar-refractivity contribution in [1.29, 1.82) is 0 Å². The fraction of sp³-hybridized carbons (Fsp3) is 0.500. The Kier molecular flexibility index (Phi) is 5.93. The van der Waals surface area contributed by atoms with E-state index < -0.39 is 6.04 Å². The Morgan fingerprint density at radius 1 is 1.23 bits per heavy atom. The number of esters is 1. The van der Waals surface area contributed by atoms with Crippen molar-refractivity contribution >= 4 is 12.0 Å². The van der Waals surface area contributed by atoms with Gasteiger partial charge in [0.2, 0.25) is 0 Å². The van der Waals surface area contributed by atoms with Gasteiger partial charge in [0.25, 0.3) is 0 Å². The van der Waals surface area contributed by atoms with Crippen LogP contribution in [0.15, 0.2) is 35.5 Å². The summed E-state index contributed by atoms with van der Waals surface area (Å²) < 4.78 is 5.32. The van der Waals surface area contributed by atoms with Crippen molar-refractivity contribution in [2.24, 2.45) is 0 Å². The van der Waals surface area contributed by atoms with Crippen LogP contribution in [0.4, 0.5) is 4.79 Å². The number of urea groups is 1. The number of carbonyl (C=O) groups is 2. The van der Waals surface area contributed by atoms with E-state index in [0.717, 1.165) is 37.1 Å². The lowest BCUT2D eigenvalue weighted by molar-refractivity contribution is -0.139. The molecule has 2 amide bonds. The van der Waals surface area contributed by atoms with Gasteiger partial charge in [-0.05, 0) is 50.9 Å². The lowest BCUT2D eigenvalue weighted by Gasteiger charge is -2.33. The molecular formula is C20H27N3O3. The number of aryl methyl sites for hydroxylation is 1. The van der Waals surface area contributed by atoms with Crippen molar-refractivity contribution < 1.29 is 14.3 Å². The second-order valence-corrected chi connectivity index (χ2v) is 6.84. The lowest BCUT2D eigenvalue weighted by atomic mass is 9.92. The molecule has 2 aliphatic heterocycles. The molecule has 0 spiro atoms. The number of carbonyl (C=O) groups excluding carboxylic acids is 2. The van der Waals surface area contributed by atoms with Gasteiger partial charge < -0.3 is 15.4 Å². The Bertz CT molecular complexity index is 708. The lowest BCUT2D eigenvalue weighted by Crippen LogP contribution is -2.49. The van der Waals surface area contributed by atoms with Crippen LogP contribution < -0.4 is 10.6 Å². The zero-order chi connectivity index (χ0) is 18.5. The largest absolute Gasteiger partial charge is 0.463 e. The molecule has 0 bridgehead atoms. The third-order valence-corrected chi connectivity index (χ3v) is 4.98. The summed E-state index contributed by atoms with van der Waals surface area (Å²) in [5, 5.41) is 5.76. The Morgan fingerprint density at radius 2 is 1.96 bits per heavy atom. The molecule has 0 aliphatic carbocycles. The first-order valence-electron chi connectivity index (χ1n) is 9.35. The SMILES string of the molecule is CCOC(=O)C1=C(CN2CCCCC2)NC(=O)N[C@@H]1c1ccccc1C. The van der Waals surface area contributed by atoms with E-state index in [1.807, 2.05) is 31.2 Å². The quantitative estimate of drug-likeness (QED) is 0.795. The molecule has 26 heavy (non-hydrogen) atoms. The van der Waals surface area contributed by atoms with Crippen LogP contribution in [0.25, 0.3) is 0 Å². The molecule has 0 saturated carbocycles. The van der Waals surface area contributed by atoms with Gasteiger partial charge in [-0.15, -0.1) is 0 Å². The van der Waals surface area contributed by atoms with Crippen LogP contribution in [0.2, 0.25) is 0 Å². The number of ether oxygens (including phenoxy) is 1. The van der Waals surface area contributed by atoms with Gasteiger partial charge in [0, 0.05) is 12.2 Å². The molecule has 2 aliphatic rings. The number of hydrogen-bond donors (Lipinski definition) is 2. The third-order valence-electron chi connectivity index (χ3n) is 4.98. The molecule has 6 heteroatoms. The molecular weight excluding hydrogens is 330 g/mol. The number of amides is 2. The molecule has 6 nitrogen and oxygen atoms in total. The van der Waals surface area contributed by atoms with Gasteiger partial charge in [0.05, 0.1) is 18.2 Å². The van der Waals surface area contributed by atoms with Gasteiger partial charge in [0.1, 0.15) is 0 Å². The van der Waals surface area contributed by atoms with E-state index in [-0.39, 0.29) is 12.0 Å². The van der Waals surface area contributed by atoms with Crippen LogP contribution in [0.3, 0.4) is 0 Å². The summed E-state index contributed by atoms with van der Waals surface area (Å²) >= 11 is 0. The van der Waals surface area contributed by atoms with E-state index in [0.29, 0.717) is 24.4 Å². The molecule has 1 saturated heterocycles. The maximum atomic E-state index is 12.8. The Balaban J connectivity index is 2.00. The first-order valence-corrected chi connectivity index (χ1v) is 9.35. The second-order valence-electron chi connectivity index (χ2n) is 6.84. The minimum Gasteiger partial charge on any atom is -0.463 e. The Morgan fingerprint density at radius 3 is 2.65 bits per heavy atom. The second kappa shape index (κ2) is 8.36. The summed E-state index contributed by atoms with van der Waals surface area (Å²) in [6.45, 7) is 6.60. The van der Waals surface area contributed by atoms with Crippen LogP contribution in [-0.4, -0.2) is 43.1 Å². The maximum Gasteiger partial charge on any atom is 0.338 e. The van der Waals surface area contributed by atoms with Gasteiger partial charge in [0.15, 0.2) is 0 Å². The summed E-state index contributed by atoms with van der Waals surface area (Å²) in [6.07, 6.45) is 3.53. The van der Waals surface area contributed by atoms with Crippen molar-refractivity contribution in [3.8, 4) is 0 Å². The number of hydrogen-bond acceptors (Lipinski definition) is 4. The summed E-state index contributed by atoms with van der Waals surface area (Å²) in [6, 6.07) is 7.02. The van der Waals surface area contributed by atoms with Gasteiger partial charge in [-0.3, -0.25) is 4.90 Å².